The van der Waals surface area contributed by atoms with Crippen LogP contribution in [-0.2, 0) is 16.5 Å². The van der Waals surface area contributed by atoms with Crippen LogP contribution in [0.5, 0.6) is 17.2 Å². The molecule has 5 nitrogen and oxygen atoms in total. The molecule has 0 fully saturated rings. The fraction of sp³-hybridized carbons (Fsp3) is 0.520. The maximum absolute atomic E-state index is 12.0. The monoisotopic (exact) mass is 470 g/mol. The third kappa shape index (κ3) is 10.3. The van der Waals surface area contributed by atoms with E-state index in [0.29, 0.717) is 12.0 Å². The summed E-state index contributed by atoms with van der Waals surface area (Å²) in [7, 11) is -4.49. The van der Waals surface area contributed by atoms with Crippen LogP contribution in [-0.4, -0.2) is 13.0 Å². The van der Waals surface area contributed by atoms with Crippen LogP contribution in [0, 0.1) is 0 Å². The molecule has 2 aromatic carbocycles. The Morgan fingerprint density at radius 2 is 1.31 bits per heavy atom. The molecule has 7 heteroatoms. The molecule has 0 aliphatic rings. The maximum atomic E-state index is 12.0. The molecule has 2 rings (SSSR count). The molecule has 0 aliphatic heterocycles. The number of para-hydroxylation sites is 2. The molecule has 0 radical (unpaired) electrons. The van der Waals surface area contributed by atoms with Gasteiger partial charge in [0, 0.05) is 0 Å². The predicted octanol–water partition coefficient (Wildman–Crippen LogP) is 3.66. The number of hydrogen-bond donors (Lipinski definition) is 1. The molecule has 2 aromatic rings. The number of rotatable bonds is 15. The number of aryl methyl sites for hydroxylation is 1. The van der Waals surface area contributed by atoms with Crippen LogP contribution in [0.3, 0.4) is 0 Å². The number of unbranched alkanes of at least 4 members (excludes halogenated alkanes) is 10. The summed E-state index contributed by atoms with van der Waals surface area (Å²) < 4.78 is 39.4. The van der Waals surface area contributed by atoms with Crippen LogP contribution < -0.4 is 39.4 Å². The summed E-state index contributed by atoms with van der Waals surface area (Å²) in [6, 6.07) is 10.9. The average Bonchev–Trinajstić information content (AvgIpc) is 2.73. The minimum absolute atomic E-state index is 0. The summed E-state index contributed by atoms with van der Waals surface area (Å²) >= 11 is 0. The predicted molar refractivity (Wildman–Crippen MR) is 122 cm³/mol. The fourth-order valence-corrected chi connectivity index (χ4v) is 4.63. The van der Waals surface area contributed by atoms with Gasteiger partial charge in [-0.15, -0.1) is 0 Å². The quantitative estimate of drug-likeness (QED) is 0.244. The van der Waals surface area contributed by atoms with Gasteiger partial charge in [-0.05, 0) is 30.5 Å². The van der Waals surface area contributed by atoms with Gasteiger partial charge in [-0.2, -0.15) is 8.42 Å². The number of hydrogen-bond acceptors (Lipinski definition) is 4. The van der Waals surface area contributed by atoms with E-state index >= 15 is 0 Å². The smallest absolute Gasteiger partial charge is 0.870 e. The Balaban J connectivity index is 0.00000512. The van der Waals surface area contributed by atoms with Crippen molar-refractivity contribution in [2.75, 3.05) is 0 Å². The van der Waals surface area contributed by atoms with Crippen LogP contribution in [0.1, 0.15) is 83.1 Å². The van der Waals surface area contributed by atoms with E-state index in [1.54, 1.807) is 24.3 Å². The SMILES string of the molecule is CCCCCCCCCCCCCc1cccc(Oc2ccccc2[O-])c1S(=O)(=O)O.[Na+]. The molecule has 172 valence electrons. The maximum Gasteiger partial charge on any atom is 1.00 e. The first-order valence-electron chi connectivity index (χ1n) is 11.5. The summed E-state index contributed by atoms with van der Waals surface area (Å²) in [4.78, 5) is -0.245. The van der Waals surface area contributed by atoms with E-state index in [-0.39, 0.29) is 51.7 Å². The molecule has 0 aliphatic carbocycles. The van der Waals surface area contributed by atoms with E-state index in [2.05, 4.69) is 6.92 Å². The first-order valence-corrected chi connectivity index (χ1v) is 12.9. The molecule has 0 saturated carbocycles. The van der Waals surface area contributed by atoms with Gasteiger partial charge >= 0.3 is 29.6 Å². The number of benzene rings is 2. The van der Waals surface area contributed by atoms with Gasteiger partial charge < -0.3 is 9.84 Å². The summed E-state index contributed by atoms with van der Waals surface area (Å²) in [6.07, 6.45) is 13.8. The zero-order chi connectivity index (χ0) is 22.5. The van der Waals surface area contributed by atoms with Crippen LogP contribution in [0.2, 0.25) is 0 Å². The van der Waals surface area contributed by atoms with E-state index < -0.39 is 10.1 Å². The van der Waals surface area contributed by atoms with E-state index in [9.17, 15) is 18.1 Å². The van der Waals surface area contributed by atoms with Gasteiger partial charge in [-0.25, -0.2) is 0 Å². The van der Waals surface area contributed by atoms with E-state index in [1.807, 2.05) is 0 Å². The van der Waals surface area contributed by atoms with E-state index in [4.69, 9.17) is 4.74 Å². The summed E-state index contributed by atoms with van der Waals surface area (Å²) in [5.74, 6) is -0.342. The van der Waals surface area contributed by atoms with Crippen molar-refractivity contribution in [3.8, 4) is 17.2 Å². The van der Waals surface area contributed by atoms with Gasteiger partial charge in [0.1, 0.15) is 16.4 Å². The first-order chi connectivity index (χ1) is 14.9. The summed E-state index contributed by atoms with van der Waals surface area (Å²) in [5, 5.41) is 11.9. The van der Waals surface area contributed by atoms with Crippen molar-refractivity contribution in [3.05, 3.63) is 48.0 Å². The van der Waals surface area contributed by atoms with Crippen molar-refractivity contribution in [3.63, 3.8) is 0 Å². The van der Waals surface area contributed by atoms with Crippen molar-refractivity contribution in [1.29, 1.82) is 0 Å². The van der Waals surface area contributed by atoms with Gasteiger partial charge in [0.25, 0.3) is 10.1 Å². The molecule has 0 bridgehead atoms. The third-order valence-electron chi connectivity index (χ3n) is 5.44. The second-order valence-electron chi connectivity index (χ2n) is 8.05. The van der Waals surface area contributed by atoms with Crippen molar-refractivity contribution in [2.45, 2.75) is 88.9 Å². The van der Waals surface area contributed by atoms with Gasteiger partial charge in [0.15, 0.2) is 0 Å². The fourth-order valence-electron chi connectivity index (χ4n) is 3.76. The molecule has 32 heavy (non-hydrogen) atoms. The van der Waals surface area contributed by atoms with Crippen molar-refractivity contribution < 1.29 is 52.4 Å². The Hall–Kier alpha value is -1.05. The normalized spacial score (nSPS) is 11.2. The van der Waals surface area contributed by atoms with Crippen molar-refractivity contribution >= 4 is 10.1 Å². The number of ether oxygens (including phenoxy) is 1. The topological polar surface area (TPSA) is 86.7 Å². The minimum Gasteiger partial charge on any atom is -0.870 e. The molecular weight excluding hydrogens is 435 g/mol. The molecule has 0 heterocycles. The Kier molecular flexibility index (Phi) is 14.2. The molecule has 0 amide bonds. The summed E-state index contributed by atoms with van der Waals surface area (Å²) in [6.45, 7) is 2.23. The average molecular weight is 471 g/mol. The van der Waals surface area contributed by atoms with Crippen LogP contribution in [0.4, 0.5) is 0 Å². The van der Waals surface area contributed by atoms with Crippen LogP contribution >= 0.6 is 0 Å². The second-order valence-corrected chi connectivity index (χ2v) is 9.41. The second kappa shape index (κ2) is 15.7. The Morgan fingerprint density at radius 3 is 1.88 bits per heavy atom. The molecule has 0 atom stereocenters. The molecule has 0 saturated heterocycles. The van der Waals surface area contributed by atoms with E-state index in [1.165, 1.54) is 69.6 Å². The Morgan fingerprint density at radius 1 is 0.781 bits per heavy atom. The molecule has 1 N–H and O–H groups in total. The zero-order valence-electron chi connectivity index (χ0n) is 19.5. The van der Waals surface area contributed by atoms with Crippen molar-refractivity contribution in [2.24, 2.45) is 0 Å². The molecule has 0 unspecified atom stereocenters. The van der Waals surface area contributed by atoms with Gasteiger partial charge in [0.2, 0.25) is 0 Å². The summed E-state index contributed by atoms with van der Waals surface area (Å²) in [5.41, 5.74) is 0.513. The minimum atomic E-state index is -4.49. The van der Waals surface area contributed by atoms with Gasteiger partial charge in [-0.1, -0.05) is 107 Å². The third-order valence-corrected chi connectivity index (χ3v) is 6.42. The van der Waals surface area contributed by atoms with Crippen LogP contribution in [0.25, 0.3) is 0 Å². The molecule has 0 spiro atoms. The van der Waals surface area contributed by atoms with Gasteiger partial charge in [0.05, 0.1) is 0 Å². The first kappa shape index (κ1) is 29.0. The van der Waals surface area contributed by atoms with Crippen molar-refractivity contribution in [1.82, 2.24) is 0 Å². The Bertz CT molecular complexity index is 899. The molecular formula is C25H35NaO5S. The van der Waals surface area contributed by atoms with E-state index in [0.717, 1.165) is 19.3 Å². The van der Waals surface area contributed by atoms with Gasteiger partial charge in [-0.3, -0.25) is 4.55 Å². The van der Waals surface area contributed by atoms with Crippen LogP contribution in [0.15, 0.2) is 47.4 Å². The standard InChI is InChI=1S/C25H36O5S.Na/c1-2-3-4-5-6-7-8-9-10-11-12-16-21-17-15-20-24(25(21)31(27,28)29)30-23-19-14-13-18-22(23)26;/h13-15,17-20,26H,2-12,16H2,1H3,(H,27,28,29);/q;+1/p-1. The largest absolute Gasteiger partial charge is 1.00 e. The zero-order valence-corrected chi connectivity index (χ0v) is 22.3. The Labute approximate surface area is 215 Å². The molecule has 0 aromatic heterocycles.